The molecule has 0 aliphatic carbocycles. The topological polar surface area (TPSA) is 89.4 Å². The normalized spacial score (nSPS) is 12.6. The molecule has 0 saturated heterocycles. The Morgan fingerprint density at radius 3 is 2.49 bits per heavy atom. The Bertz CT molecular complexity index is 1160. The maximum atomic E-state index is 13.5. The van der Waals surface area contributed by atoms with E-state index in [-0.39, 0.29) is 23.8 Å². The number of amides is 2. The van der Waals surface area contributed by atoms with Crippen LogP contribution in [0.15, 0.2) is 48.5 Å². The number of carbonyl (C=O) groups excluding carboxylic acids is 2. The highest BCUT2D eigenvalue weighted by Crippen LogP contribution is 2.26. The largest absolute Gasteiger partial charge is 0.481 e. The fraction of sp³-hybridized carbons (Fsp3) is 0.407. The van der Waals surface area contributed by atoms with Crippen LogP contribution in [0.25, 0.3) is 0 Å². The van der Waals surface area contributed by atoms with Gasteiger partial charge in [0.1, 0.15) is 5.69 Å². The second-order valence-corrected chi connectivity index (χ2v) is 8.75. The van der Waals surface area contributed by atoms with Gasteiger partial charge in [-0.2, -0.15) is 5.10 Å². The molecule has 2 aromatic heterocycles. The summed E-state index contributed by atoms with van der Waals surface area (Å²) in [5.74, 6) is 0.175. The van der Waals surface area contributed by atoms with E-state index in [0.29, 0.717) is 42.3 Å². The smallest absolute Gasteiger partial charge is 0.269 e. The summed E-state index contributed by atoms with van der Waals surface area (Å²) in [6, 6.07) is 15.2. The molecule has 0 fully saturated rings. The number of rotatable bonds is 10. The van der Waals surface area contributed by atoms with Crippen LogP contribution in [0.1, 0.15) is 64.0 Å². The summed E-state index contributed by atoms with van der Waals surface area (Å²) in [5, 5.41) is 7.37. The first-order valence-electron chi connectivity index (χ1n) is 11.9. The number of methoxy groups -OCH3 is 1. The molecule has 0 bridgehead atoms. The van der Waals surface area contributed by atoms with Crippen molar-refractivity contribution < 1.29 is 14.3 Å². The van der Waals surface area contributed by atoms with E-state index in [9.17, 15) is 9.59 Å². The van der Waals surface area contributed by atoms with Gasteiger partial charge in [0.25, 0.3) is 11.8 Å². The van der Waals surface area contributed by atoms with Crippen molar-refractivity contribution in [2.45, 2.75) is 52.6 Å². The number of hydrogen-bond donors (Lipinski definition) is 1. The summed E-state index contributed by atoms with van der Waals surface area (Å²) in [4.78, 5) is 32.4. The summed E-state index contributed by atoms with van der Waals surface area (Å²) in [5.41, 5.74) is 3.71. The van der Waals surface area contributed by atoms with Gasteiger partial charge in [0.15, 0.2) is 0 Å². The molecule has 3 rings (SSSR count). The second-order valence-electron chi connectivity index (χ2n) is 8.75. The summed E-state index contributed by atoms with van der Waals surface area (Å²) >= 11 is 0. The Labute approximate surface area is 207 Å². The number of carbonyl (C=O) groups is 2. The van der Waals surface area contributed by atoms with E-state index < -0.39 is 0 Å². The van der Waals surface area contributed by atoms with Gasteiger partial charge >= 0.3 is 0 Å². The number of aromatic nitrogens is 3. The molecule has 8 heteroatoms. The number of hydrogen-bond acceptors (Lipinski definition) is 5. The Balaban J connectivity index is 1.80. The van der Waals surface area contributed by atoms with Crippen LogP contribution in [0.2, 0.25) is 0 Å². The zero-order valence-electron chi connectivity index (χ0n) is 21.4. The molecule has 1 aromatic carbocycles. The predicted octanol–water partition coefficient (Wildman–Crippen LogP) is 3.99. The van der Waals surface area contributed by atoms with Gasteiger partial charge in [-0.15, -0.1) is 0 Å². The molecule has 8 nitrogen and oxygen atoms in total. The summed E-state index contributed by atoms with van der Waals surface area (Å²) in [7, 11) is 3.35. The molecule has 1 N–H and O–H groups in total. The highest BCUT2D eigenvalue weighted by molar-refractivity contribution is 5.95. The van der Waals surface area contributed by atoms with E-state index in [1.807, 2.05) is 46.0 Å². The molecule has 2 heterocycles. The van der Waals surface area contributed by atoms with Crippen molar-refractivity contribution in [3.63, 3.8) is 0 Å². The number of nitrogens with zero attached hydrogens (tertiary/aromatic N) is 4. The Hall–Kier alpha value is -3.68. The lowest BCUT2D eigenvalue weighted by atomic mass is 9.90. The quantitative estimate of drug-likeness (QED) is 0.477. The standard InChI is InChI=1S/C27H35N5O3/c1-7-32-24(16-19(3)30-32)26(33)28-14-13-23(20(4)21-11-9-8-10-12-21)31(5)27(34)22-15-18(2)29-25(17-22)35-6/h8-12,15-17,20,23H,7,13-14H2,1-6H3,(H,28,33). The van der Waals surface area contributed by atoms with Crippen molar-refractivity contribution in [2.24, 2.45) is 0 Å². The van der Waals surface area contributed by atoms with E-state index >= 15 is 0 Å². The van der Waals surface area contributed by atoms with Gasteiger partial charge in [-0.05, 0) is 44.9 Å². The highest BCUT2D eigenvalue weighted by atomic mass is 16.5. The molecule has 3 aromatic rings. The van der Waals surface area contributed by atoms with Crippen molar-refractivity contribution in [3.8, 4) is 5.88 Å². The van der Waals surface area contributed by atoms with Gasteiger partial charge in [0.2, 0.25) is 5.88 Å². The first-order valence-corrected chi connectivity index (χ1v) is 11.9. The molecule has 2 atom stereocenters. The lowest BCUT2D eigenvalue weighted by Crippen LogP contribution is -2.42. The molecule has 0 saturated carbocycles. The molecule has 0 spiro atoms. The molecule has 0 aliphatic heterocycles. The number of likely N-dealkylation sites (N-methyl/N-ethyl adjacent to an activating group) is 1. The highest BCUT2D eigenvalue weighted by Gasteiger charge is 2.28. The molecule has 2 unspecified atom stereocenters. The zero-order chi connectivity index (χ0) is 25.5. The van der Waals surface area contributed by atoms with E-state index in [0.717, 1.165) is 11.3 Å². The molecule has 0 radical (unpaired) electrons. The fourth-order valence-corrected chi connectivity index (χ4v) is 4.37. The summed E-state index contributed by atoms with van der Waals surface area (Å²) < 4.78 is 6.96. The second kappa shape index (κ2) is 11.6. The summed E-state index contributed by atoms with van der Waals surface area (Å²) in [6.07, 6.45) is 0.588. The predicted molar refractivity (Wildman–Crippen MR) is 136 cm³/mol. The van der Waals surface area contributed by atoms with Gasteiger partial charge in [-0.25, -0.2) is 4.98 Å². The number of nitrogens with one attached hydrogen (secondary N) is 1. The molecular weight excluding hydrogens is 442 g/mol. The third-order valence-corrected chi connectivity index (χ3v) is 6.27. The zero-order valence-corrected chi connectivity index (χ0v) is 21.4. The third kappa shape index (κ3) is 6.26. The maximum absolute atomic E-state index is 13.5. The lowest BCUT2D eigenvalue weighted by molar-refractivity contribution is 0.0701. The first kappa shape index (κ1) is 25.9. The SMILES string of the molecule is CCn1nc(C)cc1C(=O)NCCC(C(C)c1ccccc1)N(C)C(=O)c1cc(C)nc(OC)c1. The van der Waals surface area contributed by atoms with Crippen LogP contribution >= 0.6 is 0 Å². The van der Waals surface area contributed by atoms with Crippen LogP contribution in [-0.4, -0.2) is 58.2 Å². The van der Waals surface area contributed by atoms with Crippen molar-refractivity contribution in [1.82, 2.24) is 25.0 Å². The minimum atomic E-state index is -0.165. The van der Waals surface area contributed by atoms with E-state index in [1.54, 1.807) is 27.8 Å². The number of aryl methyl sites for hydroxylation is 3. The van der Waals surface area contributed by atoms with Crippen molar-refractivity contribution in [1.29, 1.82) is 0 Å². The minimum absolute atomic E-state index is 0.0512. The van der Waals surface area contributed by atoms with Gasteiger partial charge in [0.05, 0.1) is 12.8 Å². The number of pyridine rings is 1. The third-order valence-electron chi connectivity index (χ3n) is 6.27. The maximum Gasteiger partial charge on any atom is 0.269 e. The average molecular weight is 478 g/mol. The van der Waals surface area contributed by atoms with Crippen molar-refractivity contribution >= 4 is 11.8 Å². The van der Waals surface area contributed by atoms with E-state index in [4.69, 9.17) is 4.74 Å². The monoisotopic (exact) mass is 477 g/mol. The van der Waals surface area contributed by atoms with Gasteiger partial charge in [-0.1, -0.05) is 37.3 Å². The van der Waals surface area contributed by atoms with E-state index in [1.165, 1.54) is 7.11 Å². The van der Waals surface area contributed by atoms with Crippen LogP contribution in [-0.2, 0) is 6.54 Å². The summed E-state index contributed by atoms with van der Waals surface area (Å²) in [6.45, 7) is 8.82. The molecule has 2 amide bonds. The van der Waals surface area contributed by atoms with Crippen LogP contribution < -0.4 is 10.1 Å². The molecular formula is C27H35N5O3. The Morgan fingerprint density at radius 1 is 1.11 bits per heavy atom. The van der Waals surface area contributed by atoms with Crippen LogP contribution in [0.5, 0.6) is 5.88 Å². The Kier molecular flexibility index (Phi) is 8.63. The number of ether oxygens (including phenoxy) is 1. The van der Waals surface area contributed by atoms with Crippen LogP contribution in [0.3, 0.4) is 0 Å². The van der Waals surface area contributed by atoms with Gasteiger partial charge in [0, 0.05) is 49.4 Å². The van der Waals surface area contributed by atoms with Crippen LogP contribution in [0.4, 0.5) is 0 Å². The lowest BCUT2D eigenvalue weighted by Gasteiger charge is -2.33. The van der Waals surface area contributed by atoms with Crippen molar-refractivity contribution in [3.05, 3.63) is 76.7 Å². The average Bonchev–Trinajstić information content (AvgIpc) is 3.26. The Morgan fingerprint density at radius 2 is 1.83 bits per heavy atom. The minimum Gasteiger partial charge on any atom is -0.481 e. The fourth-order valence-electron chi connectivity index (χ4n) is 4.37. The molecule has 0 aliphatic rings. The molecule has 35 heavy (non-hydrogen) atoms. The van der Waals surface area contributed by atoms with Gasteiger partial charge < -0.3 is 15.0 Å². The van der Waals surface area contributed by atoms with Crippen LogP contribution in [0, 0.1) is 13.8 Å². The van der Waals surface area contributed by atoms with Gasteiger partial charge in [-0.3, -0.25) is 14.3 Å². The first-order chi connectivity index (χ1) is 16.7. The number of benzene rings is 1. The van der Waals surface area contributed by atoms with E-state index in [2.05, 4.69) is 34.5 Å². The van der Waals surface area contributed by atoms with Crippen molar-refractivity contribution in [2.75, 3.05) is 20.7 Å². The molecule has 186 valence electrons.